The minimum absolute atomic E-state index is 0.142. The van der Waals surface area contributed by atoms with E-state index >= 15 is 0 Å². The maximum absolute atomic E-state index is 11.5. The number of benzene rings is 2. The van der Waals surface area contributed by atoms with Gasteiger partial charge in [0.1, 0.15) is 5.75 Å². The number of fused-ring (bicyclic) bond motifs is 1. The van der Waals surface area contributed by atoms with E-state index in [-0.39, 0.29) is 5.91 Å². The van der Waals surface area contributed by atoms with Gasteiger partial charge in [-0.3, -0.25) is 9.79 Å². The Morgan fingerprint density at radius 2 is 1.72 bits per heavy atom. The molecule has 0 spiro atoms. The third kappa shape index (κ3) is 4.36. The average Bonchev–Trinajstić information content (AvgIpc) is 3.23. The van der Waals surface area contributed by atoms with Crippen molar-refractivity contribution in [2.75, 3.05) is 39.8 Å². The number of hydrogen-bond acceptors (Lipinski definition) is 3. The summed E-state index contributed by atoms with van der Waals surface area (Å²) in [5.74, 6) is 2.05. The predicted molar refractivity (Wildman–Crippen MR) is 115 cm³/mol. The molecule has 2 aromatic rings. The molecule has 0 aromatic heterocycles. The molecule has 2 aliphatic rings. The number of hydrogen-bond donors (Lipinski definition) is 1. The van der Waals surface area contributed by atoms with E-state index < -0.39 is 0 Å². The Labute approximate surface area is 172 Å². The van der Waals surface area contributed by atoms with E-state index in [1.54, 1.807) is 14.0 Å². The first kappa shape index (κ1) is 19.3. The first-order valence-corrected chi connectivity index (χ1v) is 10.2. The molecule has 0 aliphatic carbocycles. The molecule has 1 amide bonds. The van der Waals surface area contributed by atoms with Crippen molar-refractivity contribution in [1.29, 1.82) is 0 Å². The van der Waals surface area contributed by atoms with Crippen molar-refractivity contribution in [2.24, 2.45) is 4.99 Å². The Kier molecular flexibility index (Phi) is 5.69. The van der Waals surface area contributed by atoms with Crippen LogP contribution in [0.5, 0.6) is 5.75 Å². The van der Waals surface area contributed by atoms with Gasteiger partial charge in [-0.1, -0.05) is 30.3 Å². The summed E-state index contributed by atoms with van der Waals surface area (Å²) in [6.07, 6.45) is 0.991. The van der Waals surface area contributed by atoms with Crippen LogP contribution in [0.4, 0.5) is 0 Å². The Balaban J connectivity index is 1.34. The summed E-state index contributed by atoms with van der Waals surface area (Å²) in [4.78, 5) is 20.0. The minimum Gasteiger partial charge on any atom is -0.493 e. The average molecular weight is 393 g/mol. The molecule has 2 aliphatic heterocycles. The van der Waals surface area contributed by atoms with Gasteiger partial charge in [0.2, 0.25) is 5.91 Å². The third-order valence-electron chi connectivity index (χ3n) is 5.66. The quantitative estimate of drug-likeness (QED) is 0.644. The lowest BCUT2D eigenvalue weighted by atomic mass is 10.0. The highest BCUT2D eigenvalue weighted by molar-refractivity contribution is 5.80. The number of piperazine rings is 1. The molecule has 2 heterocycles. The molecule has 0 radical (unpaired) electrons. The van der Waals surface area contributed by atoms with Gasteiger partial charge in [0.05, 0.1) is 6.61 Å². The number of nitrogens with zero attached hydrogens (tertiary/aromatic N) is 3. The van der Waals surface area contributed by atoms with Crippen LogP contribution in [-0.2, 0) is 17.8 Å². The first-order chi connectivity index (χ1) is 14.1. The number of guanidine groups is 1. The molecule has 6 heteroatoms. The largest absolute Gasteiger partial charge is 0.493 e. The Morgan fingerprint density at radius 1 is 1.03 bits per heavy atom. The number of amides is 1. The lowest BCUT2D eigenvalue weighted by Crippen LogP contribution is -2.53. The SMILES string of the molecule is CN=C(NCc1ccc(-c2ccc3c(c2)CCO3)cc1)N1CCN(C(C)=O)CC1. The van der Waals surface area contributed by atoms with Crippen molar-refractivity contribution in [1.82, 2.24) is 15.1 Å². The molecule has 1 fully saturated rings. The van der Waals surface area contributed by atoms with Crippen molar-refractivity contribution >= 4 is 11.9 Å². The van der Waals surface area contributed by atoms with Crippen molar-refractivity contribution in [2.45, 2.75) is 19.9 Å². The Morgan fingerprint density at radius 3 is 2.41 bits per heavy atom. The van der Waals surface area contributed by atoms with Crippen molar-refractivity contribution in [3.63, 3.8) is 0 Å². The van der Waals surface area contributed by atoms with Gasteiger partial charge in [0, 0.05) is 53.1 Å². The fourth-order valence-corrected chi connectivity index (χ4v) is 3.93. The fraction of sp³-hybridized carbons (Fsp3) is 0.391. The second-order valence-electron chi connectivity index (χ2n) is 7.51. The maximum Gasteiger partial charge on any atom is 0.219 e. The number of carbonyl (C=O) groups is 1. The fourth-order valence-electron chi connectivity index (χ4n) is 3.93. The monoisotopic (exact) mass is 392 g/mol. The molecule has 29 heavy (non-hydrogen) atoms. The predicted octanol–water partition coefficient (Wildman–Crippen LogP) is 2.53. The molecule has 152 valence electrons. The van der Waals surface area contributed by atoms with E-state index in [0.29, 0.717) is 0 Å². The summed E-state index contributed by atoms with van der Waals surface area (Å²) in [6, 6.07) is 15.1. The summed E-state index contributed by atoms with van der Waals surface area (Å²) < 4.78 is 5.60. The zero-order valence-corrected chi connectivity index (χ0v) is 17.1. The highest BCUT2D eigenvalue weighted by Gasteiger charge is 2.20. The van der Waals surface area contributed by atoms with Crippen molar-refractivity contribution in [3.8, 4) is 16.9 Å². The molecule has 4 rings (SSSR count). The molecule has 0 saturated carbocycles. The number of rotatable bonds is 3. The van der Waals surface area contributed by atoms with E-state index in [2.05, 4.69) is 57.7 Å². The normalized spacial score (nSPS) is 16.4. The lowest BCUT2D eigenvalue weighted by molar-refractivity contribution is -0.130. The zero-order valence-electron chi connectivity index (χ0n) is 17.1. The summed E-state index contributed by atoms with van der Waals surface area (Å²) in [6.45, 7) is 6.24. The van der Waals surface area contributed by atoms with Gasteiger partial charge in [-0.2, -0.15) is 0 Å². The summed E-state index contributed by atoms with van der Waals surface area (Å²) in [7, 11) is 1.81. The van der Waals surface area contributed by atoms with Gasteiger partial charge in [-0.05, 0) is 34.4 Å². The van der Waals surface area contributed by atoms with Crippen LogP contribution >= 0.6 is 0 Å². The maximum atomic E-state index is 11.5. The van der Waals surface area contributed by atoms with Gasteiger partial charge in [0.15, 0.2) is 5.96 Å². The van der Waals surface area contributed by atoms with E-state index in [4.69, 9.17) is 4.74 Å². The van der Waals surface area contributed by atoms with Gasteiger partial charge >= 0.3 is 0 Å². The number of nitrogens with one attached hydrogen (secondary N) is 1. The van der Waals surface area contributed by atoms with Crippen LogP contribution in [0.1, 0.15) is 18.1 Å². The number of aliphatic imine (C=N–C) groups is 1. The Hall–Kier alpha value is -3.02. The molecule has 0 unspecified atom stereocenters. The molecular weight excluding hydrogens is 364 g/mol. The van der Waals surface area contributed by atoms with Gasteiger partial charge in [-0.15, -0.1) is 0 Å². The van der Waals surface area contributed by atoms with Crippen LogP contribution in [0, 0.1) is 0 Å². The molecule has 1 saturated heterocycles. The molecule has 1 N–H and O–H groups in total. The smallest absolute Gasteiger partial charge is 0.219 e. The third-order valence-corrected chi connectivity index (χ3v) is 5.66. The number of carbonyl (C=O) groups excluding carboxylic acids is 1. The molecular formula is C23H28N4O2. The standard InChI is InChI=1S/C23H28N4O2/c1-17(28)26-10-12-27(13-11-26)23(24-2)25-16-18-3-5-19(6-4-18)20-7-8-22-21(15-20)9-14-29-22/h3-8,15H,9-14,16H2,1-2H3,(H,24,25). The highest BCUT2D eigenvalue weighted by Crippen LogP contribution is 2.30. The summed E-state index contributed by atoms with van der Waals surface area (Å²) in [5, 5.41) is 3.45. The van der Waals surface area contributed by atoms with Crippen LogP contribution < -0.4 is 10.1 Å². The Bertz CT molecular complexity index is 900. The van der Waals surface area contributed by atoms with Crippen LogP contribution in [-0.4, -0.2) is 61.5 Å². The van der Waals surface area contributed by atoms with Crippen molar-refractivity contribution in [3.05, 3.63) is 53.6 Å². The van der Waals surface area contributed by atoms with Crippen LogP contribution in [0.3, 0.4) is 0 Å². The second-order valence-corrected chi connectivity index (χ2v) is 7.51. The highest BCUT2D eigenvalue weighted by atomic mass is 16.5. The number of ether oxygens (including phenoxy) is 1. The van der Waals surface area contributed by atoms with E-state index in [1.165, 1.54) is 22.3 Å². The van der Waals surface area contributed by atoms with Gasteiger partial charge < -0.3 is 19.9 Å². The minimum atomic E-state index is 0.142. The van der Waals surface area contributed by atoms with E-state index in [9.17, 15) is 4.79 Å². The second kappa shape index (κ2) is 8.55. The van der Waals surface area contributed by atoms with Crippen LogP contribution in [0.25, 0.3) is 11.1 Å². The van der Waals surface area contributed by atoms with Crippen LogP contribution in [0.2, 0.25) is 0 Å². The molecule has 0 bridgehead atoms. The van der Waals surface area contributed by atoms with E-state index in [1.807, 2.05) is 4.90 Å². The van der Waals surface area contributed by atoms with Gasteiger partial charge in [0.25, 0.3) is 0 Å². The molecule has 2 aromatic carbocycles. The van der Waals surface area contributed by atoms with Gasteiger partial charge in [-0.25, -0.2) is 0 Å². The lowest BCUT2D eigenvalue weighted by Gasteiger charge is -2.36. The topological polar surface area (TPSA) is 57.2 Å². The van der Waals surface area contributed by atoms with E-state index in [0.717, 1.165) is 57.5 Å². The molecule has 0 atom stereocenters. The van der Waals surface area contributed by atoms with Crippen LogP contribution in [0.15, 0.2) is 47.5 Å². The molecule has 6 nitrogen and oxygen atoms in total. The summed E-state index contributed by atoms with van der Waals surface area (Å²) >= 11 is 0. The summed E-state index contributed by atoms with van der Waals surface area (Å²) in [5.41, 5.74) is 4.95. The van der Waals surface area contributed by atoms with Crippen molar-refractivity contribution < 1.29 is 9.53 Å². The first-order valence-electron chi connectivity index (χ1n) is 10.2. The zero-order chi connectivity index (χ0) is 20.2.